The molecule has 0 atom stereocenters. The average Bonchev–Trinajstić information content (AvgIpc) is 3.55. The molecule has 0 spiro atoms. The molecule has 0 saturated carbocycles. The van der Waals surface area contributed by atoms with E-state index in [1.165, 1.54) is 16.9 Å². The van der Waals surface area contributed by atoms with Crippen LogP contribution in [0, 0.1) is 19.8 Å². The number of nitrogens with zero attached hydrogens (tertiary/aromatic N) is 6. The molecule has 0 unspecified atom stereocenters. The van der Waals surface area contributed by atoms with Crippen LogP contribution in [0.15, 0.2) is 78.9 Å². The number of imide groups is 1. The first kappa shape index (κ1) is 41.7. The molecule has 3 saturated heterocycles. The van der Waals surface area contributed by atoms with Crippen LogP contribution in [-0.4, -0.2) is 98.3 Å². The first-order valence-electron chi connectivity index (χ1n) is 22.1. The number of anilines is 5. The van der Waals surface area contributed by atoms with Crippen molar-refractivity contribution in [3.05, 3.63) is 112 Å². The number of carbonyl (C=O) groups is 4. The van der Waals surface area contributed by atoms with Gasteiger partial charge in [-0.25, -0.2) is 9.48 Å². The second-order valence-corrected chi connectivity index (χ2v) is 17.2. The Kier molecular flexibility index (Phi) is 11.9. The highest BCUT2D eigenvalue weighted by Crippen LogP contribution is 2.36. The average molecular weight is 850 g/mol. The van der Waals surface area contributed by atoms with E-state index in [4.69, 9.17) is 9.84 Å². The van der Waals surface area contributed by atoms with E-state index in [1.807, 2.05) is 61.0 Å². The molecule has 5 heterocycles. The number of methoxy groups -OCH3 is 1. The number of amides is 4. The summed E-state index contributed by atoms with van der Waals surface area (Å²) in [5.74, 6) is 1.48. The van der Waals surface area contributed by atoms with Crippen LogP contribution in [0.25, 0.3) is 11.3 Å². The largest absolute Gasteiger partial charge is 0.496 e. The fraction of sp³-hybridized carbons (Fsp3) is 0.367. The smallest absolute Gasteiger partial charge is 0.328 e. The number of aromatic nitrogens is 2. The molecular weight excluding hydrogens is 795 g/mol. The number of rotatable bonds is 11. The van der Waals surface area contributed by atoms with Crippen LogP contribution in [0.5, 0.6) is 5.75 Å². The van der Waals surface area contributed by atoms with E-state index in [9.17, 15) is 19.2 Å². The van der Waals surface area contributed by atoms with Crippen LogP contribution in [0.3, 0.4) is 0 Å². The number of carbonyl (C=O) groups excluding carboxylic acids is 4. The second kappa shape index (κ2) is 18.0. The molecule has 5 aromatic rings. The van der Waals surface area contributed by atoms with Crippen molar-refractivity contribution in [1.29, 1.82) is 0 Å². The number of ether oxygens (including phenoxy) is 1. The minimum atomic E-state index is -0.353. The Balaban J connectivity index is 0.771. The number of piperazine rings is 1. The van der Waals surface area contributed by atoms with Gasteiger partial charge < -0.3 is 25.2 Å². The number of piperidine rings is 1. The number of hydrogen-bond donors (Lipinski definition) is 3. The van der Waals surface area contributed by atoms with Gasteiger partial charge in [0.05, 0.1) is 18.2 Å². The highest BCUT2D eigenvalue weighted by atomic mass is 16.5. The van der Waals surface area contributed by atoms with Gasteiger partial charge in [-0.1, -0.05) is 23.8 Å². The topological polar surface area (TPSA) is 144 Å². The molecule has 3 N–H and O–H groups in total. The van der Waals surface area contributed by atoms with E-state index >= 15 is 0 Å². The Hall–Kier alpha value is -6.67. The maximum absolute atomic E-state index is 13.1. The second-order valence-electron chi connectivity index (χ2n) is 17.2. The summed E-state index contributed by atoms with van der Waals surface area (Å²) >= 11 is 0. The summed E-state index contributed by atoms with van der Waals surface area (Å²) < 4.78 is 7.32. The Labute approximate surface area is 368 Å². The van der Waals surface area contributed by atoms with Crippen molar-refractivity contribution in [2.45, 2.75) is 52.6 Å². The molecule has 0 bridgehead atoms. The van der Waals surface area contributed by atoms with Crippen molar-refractivity contribution in [3.63, 3.8) is 0 Å². The van der Waals surface area contributed by atoms with Crippen LogP contribution >= 0.6 is 0 Å². The Morgan fingerprint density at radius 3 is 2.29 bits per heavy atom. The summed E-state index contributed by atoms with van der Waals surface area (Å²) in [6.07, 6.45) is 4.30. The van der Waals surface area contributed by atoms with Crippen LogP contribution in [-0.2, 0) is 24.3 Å². The molecule has 9 rings (SSSR count). The molecule has 1 aromatic heterocycles. The van der Waals surface area contributed by atoms with Gasteiger partial charge in [-0.05, 0) is 116 Å². The van der Waals surface area contributed by atoms with Crippen molar-refractivity contribution in [1.82, 2.24) is 25.3 Å². The molecule has 0 radical (unpaired) electrons. The third-order valence-electron chi connectivity index (χ3n) is 13.1. The van der Waals surface area contributed by atoms with Crippen molar-refractivity contribution >= 4 is 52.7 Å². The van der Waals surface area contributed by atoms with Crippen LogP contribution in [0.4, 0.5) is 33.4 Å². The maximum Gasteiger partial charge on any atom is 0.328 e. The SMILES string of the molecule is COc1ccc(C)cc1C(=O)NCc1ccc(-c2nn3c(c2C=O)Nc2ccc(N4CCN(CC5CCN(c6ccc(N7CCC(=O)NC7=O)cc6)CC5)CC4)cc2CC3)cc1C. The third kappa shape index (κ3) is 8.85. The zero-order valence-corrected chi connectivity index (χ0v) is 36.3. The third-order valence-corrected chi connectivity index (χ3v) is 13.1. The summed E-state index contributed by atoms with van der Waals surface area (Å²) in [6.45, 7) is 12.5. The molecule has 4 aliphatic rings. The van der Waals surface area contributed by atoms with Crippen LogP contribution in [0.1, 0.15) is 62.2 Å². The first-order chi connectivity index (χ1) is 30.6. The highest BCUT2D eigenvalue weighted by Gasteiger charge is 2.28. The lowest BCUT2D eigenvalue weighted by molar-refractivity contribution is -0.120. The summed E-state index contributed by atoms with van der Waals surface area (Å²) in [5, 5.41) is 14.0. The van der Waals surface area contributed by atoms with Gasteiger partial charge in [-0.3, -0.25) is 29.5 Å². The minimum absolute atomic E-state index is 0.198. The Morgan fingerprint density at radius 2 is 1.56 bits per heavy atom. The minimum Gasteiger partial charge on any atom is -0.496 e. The van der Waals surface area contributed by atoms with Crippen molar-refractivity contribution in [2.75, 3.05) is 79.5 Å². The van der Waals surface area contributed by atoms with Gasteiger partial charge in [0.1, 0.15) is 17.3 Å². The number of aldehydes is 1. The lowest BCUT2D eigenvalue weighted by atomic mass is 9.95. The zero-order valence-electron chi connectivity index (χ0n) is 36.3. The predicted molar refractivity (Wildman–Crippen MR) is 246 cm³/mol. The fourth-order valence-corrected chi connectivity index (χ4v) is 9.45. The maximum atomic E-state index is 13.1. The Morgan fingerprint density at radius 1 is 0.810 bits per heavy atom. The number of benzene rings is 4. The molecule has 3 fully saturated rings. The van der Waals surface area contributed by atoms with Gasteiger partial charge in [-0.2, -0.15) is 5.10 Å². The number of fused-ring (bicyclic) bond motifs is 2. The number of urea groups is 1. The van der Waals surface area contributed by atoms with Crippen LogP contribution < -0.4 is 35.4 Å². The zero-order chi connectivity index (χ0) is 43.6. The van der Waals surface area contributed by atoms with E-state index in [2.05, 4.69) is 61.0 Å². The van der Waals surface area contributed by atoms with Crippen molar-refractivity contribution in [2.24, 2.45) is 5.92 Å². The Bertz CT molecular complexity index is 2540. The van der Waals surface area contributed by atoms with E-state index in [1.54, 1.807) is 18.1 Å². The summed E-state index contributed by atoms with van der Waals surface area (Å²) in [7, 11) is 1.56. The van der Waals surface area contributed by atoms with Gasteiger partial charge in [0.15, 0.2) is 6.29 Å². The lowest BCUT2D eigenvalue weighted by Crippen LogP contribution is -2.49. The van der Waals surface area contributed by atoms with E-state index in [0.717, 1.165) is 105 Å². The number of aryl methyl sites for hydroxylation is 4. The first-order valence-corrected chi connectivity index (χ1v) is 22.1. The lowest BCUT2D eigenvalue weighted by Gasteiger charge is -2.40. The summed E-state index contributed by atoms with van der Waals surface area (Å²) in [5.41, 5.74) is 10.9. The van der Waals surface area contributed by atoms with Gasteiger partial charge in [0.25, 0.3) is 5.91 Å². The van der Waals surface area contributed by atoms with Gasteiger partial charge >= 0.3 is 6.03 Å². The molecule has 4 amide bonds. The van der Waals surface area contributed by atoms with E-state index in [-0.39, 0.29) is 17.8 Å². The fourth-order valence-electron chi connectivity index (χ4n) is 9.45. The molecule has 63 heavy (non-hydrogen) atoms. The van der Waals surface area contributed by atoms with Gasteiger partial charge in [-0.15, -0.1) is 0 Å². The highest BCUT2D eigenvalue weighted by molar-refractivity contribution is 6.05. The molecule has 4 aromatic carbocycles. The van der Waals surface area contributed by atoms with Gasteiger partial charge in [0.2, 0.25) is 5.91 Å². The van der Waals surface area contributed by atoms with Crippen LogP contribution in [0.2, 0.25) is 0 Å². The molecule has 0 aliphatic carbocycles. The number of nitrogens with one attached hydrogen (secondary N) is 3. The summed E-state index contributed by atoms with van der Waals surface area (Å²) in [6, 6.07) is 25.9. The number of hydrogen-bond acceptors (Lipinski definition) is 10. The standard InChI is InChI=1S/C49H55N9O5/c1-32-4-13-44(63-3)41(26-32)48(61)50-29-37-6-5-36(27-33(37)2)46-42(31-59)47-51-43-12-11-40(28-35(43)16-21-58(47)53-46)56-24-22-54(23-25-56)30-34-14-18-55(19-15-34)38-7-9-39(10-8-38)57-20-17-45(60)52-49(57)62/h4-13,26-28,31,34,51H,14-25,29-30H2,1-3H3,(H,50,61)(H,52,60,62). The predicted octanol–water partition coefficient (Wildman–Crippen LogP) is 6.70. The molecule has 14 nitrogen and oxygen atoms in total. The quantitative estimate of drug-likeness (QED) is 0.123. The van der Waals surface area contributed by atoms with Crippen molar-refractivity contribution in [3.8, 4) is 17.0 Å². The normalized spacial score (nSPS) is 17.0. The molecule has 326 valence electrons. The van der Waals surface area contributed by atoms with E-state index in [0.29, 0.717) is 60.4 Å². The van der Waals surface area contributed by atoms with E-state index < -0.39 is 0 Å². The molecular formula is C49H55N9O5. The summed E-state index contributed by atoms with van der Waals surface area (Å²) in [4.78, 5) is 58.7. The molecule has 4 aliphatic heterocycles. The monoisotopic (exact) mass is 849 g/mol. The van der Waals surface area contributed by atoms with Gasteiger partial charge in [0, 0.05) is 100 Å². The molecule has 14 heteroatoms. The van der Waals surface area contributed by atoms with Crippen molar-refractivity contribution < 1.29 is 23.9 Å².